The molecule has 0 aliphatic rings. The normalized spacial score (nSPS) is 11.3. The molecule has 0 aliphatic carbocycles. The Bertz CT molecular complexity index is 1160. The Morgan fingerprint density at radius 1 is 1.22 bits per heavy atom. The molecule has 0 radical (unpaired) electrons. The molecule has 7 heteroatoms. The number of methoxy groups -OCH3 is 1. The number of hydrogen-bond acceptors (Lipinski definition) is 6. The molecule has 0 saturated heterocycles. The second kappa shape index (κ2) is 6.68. The number of nitrogens with zero attached hydrogens (tertiary/aromatic N) is 4. The van der Waals surface area contributed by atoms with Gasteiger partial charge < -0.3 is 9.15 Å². The van der Waals surface area contributed by atoms with E-state index in [-0.39, 0.29) is 11.8 Å². The highest BCUT2D eigenvalue weighted by atomic mass is 16.5. The van der Waals surface area contributed by atoms with Crippen molar-refractivity contribution < 1.29 is 9.15 Å². The van der Waals surface area contributed by atoms with Gasteiger partial charge in [0.25, 0.3) is 0 Å². The van der Waals surface area contributed by atoms with Crippen molar-refractivity contribution >= 4 is 10.9 Å². The molecule has 0 N–H and O–H groups in total. The Labute approximate surface area is 155 Å². The predicted molar refractivity (Wildman–Crippen MR) is 101 cm³/mol. The minimum atomic E-state index is -0.429. The number of imidazole rings is 1. The molecule has 0 aliphatic heterocycles. The summed E-state index contributed by atoms with van der Waals surface area (Å²) in [4.78, 5) is 25.8. The maximum atomic E-state index is 12.8. The number of fused-ring (bicyclic) bond motifs is 1. The van der Waals surface area contributed by atoms with E-state index in [9.17, 15) is 4.79 Å². The average molecular weight is 362 g/mol. The van der Waals surface area contributed by atoms with Gasteiger partial charge in [-0.1, -0.05) is 13.8 Å². The maximum Gasteiger partial charge on any atom is 0.347 e. The molecule has 27 heavy (non-hydrogen) atoms. The lowest BCUT2D eigenvalue weighted by Crippen LogP contribution is -2.08. The van der Waals surface area contributed by atoms with Crippen molar-refractivity contribution in [3.05, 3.63) is 65.2 Å². The zero-order chi connectivity index (χ0) is 19.0. The highest BCUT2D eigenvalue weighted by Crippen LogP contribution is 2.30. The van der Waals surface area contributed by atoms with Crippen LogP contribution in [-0.2, 0) is 0 Å². The van der Waals surface area contributed by atoms with E-state index in [0.29, 0.717) is 28.0 Å². The van der Waals surface area contributed by atoms with Crippen LogP contribution in [0.2, 0.25) is 0 Å². The Morgan fingerprint density at radius 3 is 2.78 bits per heavy atom. The summed E-state index contributed by atoms with van der Waals surface area (Å²) >= 11 is 0. The molecule has 4 rings (SSSR count). The van der Waals surface area contributed by atoms with Crippen LogP contribution in [-0.4, -0.2) is 26.6 Å². The Hall–Kier alpha value is -3.48. The zero-order valence-electron chi connectivity index (χ0n) is 15.2. The van der Waals surface area contributed by atoms with Crippen LogP contribution in [0.15, 0.2) is 58.4 Å². The fourth-order valence-electron chi connectivity index (χ4n) is 3.05. The highest BCUT2D eigenvalue weighted by molar-refractivity contribution is 5.84. The van der Waals surface area contributed by atoms with E-state index in [1.807, 2.05) is 26.0 Å². The van der Waals surface area contributed by atoms with Crippen LogP contribution in [0.25, 0.3) is 28.2 Å². The van der Waals surface area contributed by atoms with Crippen LogP contribution in [0.4, 0.5) is 0 Å². The molecule has 0 unspecified atom stereocenters. The fraction of sp³-hybridized carbons (Fsp3) is 0.200. The molecular weight excluding hydrogens is 344 g/mol. The summed E-state index contributed by atoms with van der Waals surface area (Å²) in [7, 11) is 1.59. The molecule has 4 aromatic rings. The smallest absolute Gasteiger partial charge is 0.347 e. The summed E-state index contributed by atoms with van der Waals surface area (Å²) in [6.45, 7) is 4.03. The topological polar surface area (TPSA) is 83.0 Å². The maximum absolute atomic E-state index is 12.8. The van der Waals surface area contributed by atoms with Gasteiger partial charge in [0.2, 0.25) is 5.89 Å². The first-order chi connectivity index (χ1) is 13.1. The van der Waals surface area contributed by atoms with Crippen LogP contribution in [0.1, 0.15) is 25.3 Å². The monoisotopic (exact) mass is 362 g/mol. The molecule has 0 atom stereocenters. The third-order valence-corrected chi connectivity index (χ3v) is 4.36. The Kier molecular flexibility index (Phi) is 4.19. The highest BCUT2D eigenvalue weighted by Gasteiger charge is 2.18. The minimum Gasteiger partial charge on any atom is -0.497 e. The van der Waals surface area contributed by atoms with Crippen molar-refractivity contribution in [3.8, 4) is 23.0 Å². The molecule has 0 spiro atoms. The number of ether oxygens (including phenoxy) is 1. The van der Waals surface area contributed by atoms with E-state index in [1.54, 1.807) is 48.7 Å². The van der Waals surface area contributed by atoms with E-state index < -0.39 is 5.63 Å². The largest absolute Gasteiger partial charge is 0.497 e. The molecule has 3 aromatic heterocycles. The number of aromatic nitrogens is 4. The first-order valence-corrected chi connectivity index (χ1v) is 8.55. The van der Waals surface area contributed by atoms with E-state index in [4.69, 9.17) is 9.15 Å². The molecule has 3 heterocycles. The van der Waals surface area contributed by atoms with Gasteiger partial charge in [0.05, 0.1) is 23.6 Å². The van der Waals surface area contributed by atoms with E-state index in [2.05, 4.69) is 15.0 Å². The van der Waals surface area contributed by atoms with Gasteiger partial charge in [-0.05, 0) is 29.7 Å². The van der Waals surface area contributed by atoms with Crippen molar-refractivity contribution in [2.45, 2.75) is 19.8 Å². The van der Waals surface area contributed by atoms with Gasteiger partial charge >= 0.3 is 5.63 Å². The second-order valence-corrected chi connectivity index (χ2v) is 6.42. The summed E-state index contributed by atoms with van der Waals surface area (Å²) in [5, 5.41) is 0.475. The number of benzene rings is 1. The summed E-state index contributed by atoms with van der Waals surface area (Å²) in [5.74, 6) is 1.55. The standard InChI is InChI=1S/C20H18N4O3/c1-12(2)15-9-13(26-3)10-16-17(15)20(25)27-19(23-16)14-5-4-6-22-18(14)24-8-7-21-11-24/h4-12H,1-3H3. The summed E-state index contributed by atoms with van der Waals surface area (Å²) in [5.41, 5.74) is 1.55. The predicted octanol–water partition coefficient (Wildman–Crippen LogP) is 3.57. The van der Waals surface area contributed by atoms with Crippen molar-refractivity contribution in [1.29, 1.82) is 0 Å². The molecule has 0 fully saturated rings. The Balaban J connectivity index is 2.00. The van der Waals surface area contributed by atoms with Crippen molar-refractivity contribution in [2.24, 2.45) is 0 Å². The average Bonchev–Trinajstić information content (AvgIpc) is 3.21. The lowest BCUT2D eigenvalue weighted by Gasteiger charge is -2.12. The van der Waals surface area contributed by atoms with Gasteiger partial charge in [-0.3, -0.25) is 4.57 Å². The van der Waals surface area contributed by atoms with Gasteiger partial charge in [-0.25, -0.2) is 19.7 Å². The molecule has 136 valence electrons. The summed E-state index contributed by atoms with van der Waals surface area (Å²) < 4.78 is 12.7. The Morgan fingerprint density at radius 2 is 2.07 bits per heavy atom. The van der Waals surface area contributed by atoms with Gasteiger partial charge in [-0.2, -0.15) is 0 Å². The van der Waals surface area contributed by atoms with Crippen LogP contribution in [0, 0.1) is 0 Å². The molecule has 0 bridgehead atoms. The first-order valence-electron chi connectivity index (χ1n) is 8.55. The third-order valence-electron chi connectivity index (χ3n) is 4.36. The van der Waals surface area contributed by atoms with E-state index in [1.165, 1.54) is 0 Å². The number of hydrogen-bond donors (Lipinski definition) is 0. The molecular formula is C20H18N4O3. The van der Waals surface area contributed by atoms with Gasteiger partial charge in [0.15, 0.2) is 5.82 Å². The van der Waals surface area contributed by atoms with Crippen LogP contribution < -0.4 is 10.4 Å². The number of pyridine rings is 1. The van der Waals surface area contributed by atoms with Crippen LogP contribution in [0.5, 0.6) is 5.75 Å². The van der Waals surface area contributed by atoms with E-state index in [0.717, 1.165) is 5.56 Å². The van der Waals surface area contributed by atoms with E-state index >= 15 is 0 Å². The van der Waals surface area contributed by atoms with Crippen LogP contribution >= 0.6 is 0 Å². The van der Waals surface area contributed by atoms with Crippen molar-refractivity contribution in [1.82, 2.24) is 19.5 Å². The van der Waals surface area contributed by atoms with Gasteiger partial charge in [0.1, 0.15) is 12.1 Å². The quantitative estimate of drug-likeness (QED) is 0.552. The SMILES string of the molecule is COc1cc(C(C)C)c2c(=O)oc(-c3cccnc3-n3ccnc3)nc2c1. The molecule has 0 amide bonds. The minimum absolute atomic E-state index is 0.123. The summed E-state index contributed by atoms with van der Waals surface area (Å²) in [6, 6.07) is 7.18. The second-order valence-electron chi connectivity index (χ2n) is 6.42. The van der Waals surface area contributed by atoms with Gasteiger partial charge in [0, 0.05) is 24.7 Å². The first kappa shape index (κ1) is 17.0. The molecule has 0 saturated carbocycles. The molecule has 7 nitrogen and oxygen atoms in total. The fourth-order valence-corrected chi connectivity index (χ4v) is 3.05. The lowest BCUT2D eigenvalue weighted by molar-refractivity contribution is 0.414. The van der Waals surface area contributed by atoms with Crippen molar-refractivity contribution in [3.63, 3.8) is 0 Å². The van der Waals surface area contributed by atoms with Crippen molar-refractivity contribution in [2.75, 3.05) is 7.11 Å². The zero-order valence-corrected chi connectivity index (χ0v) is 15.2. The number of rotatable bonds is 4. The lowest BCUT2D eigenvalue weighted by atomic mass is 9.98. The molecule has 1 aromatic carbocycles. The van der Waals surface area contributed by atoms with Gasteiger partial charge in [-0.15, -0.1) is 0 Å². The van der Waals surface area contributed by atoms with Crippen LogP contribution in [0.3, 0.4) is 0 Å². The summed E-state index contributed by atoms with van der Waals surface area (Å²) in [6.07, 6.45) is 6.72. The third kappa shape index (κ3) is 2.97.